The van der Waals surface area contributed by atoms with Crippen molar-refractivity contribution >= 4 is 23.4 Å². The molecule has 11 heteroatoms. The average molecular weight is 635 g/mol. The van der Waals surface area contributed by atoms with E-state index >= 15 is 0 Å². The summed E-state index contributed by atoms with van der Waals surface area (Å²) in [6.07, 6.45) is 5.85. The topological polar surface area (TPSA) is 159 Å². The fraction of sp³-hybridized carbons (Fsp3) is 0.389. The molecule has 0 unspecified atom stereocenters. The number of nitrogens with one attached hydrogen (secondary N) is 3. The molecule has 2 aliphatic rings. The molecule has 11 nitrogen and oxygen atoms in total. The molecule has 2 fully saturated rings. The minimum absolute atomic E-state index is 0.0919. The Labute approximate surface area is 274 Å². The largest absolute Gasteiger partial charge is 0.344 e. The molecule has 3 amide bonds. The van der Waals surface area contributed by atoms with Crippen LogP contribution in [-0.4, -0.2) is 68.9 Å². The molecule has 1 atom stereocenters. The van der Waals surface area contributed by atoms with E-state index in [0.29, 0.717) is 30.4 Å². The van der Waals surface area contributed by atoms with Crippen LogP contribution in [0.15, 0.2) is 66.7 Å². The Balaban J connectivity index is 1.16. The molecule has 0 bridgehead atoms. The quantitative estimate of drug-likeness (QED) is 0.200. The number of rotatable bonds is 10. The number of aromatic nitrogens is 4. The van der Waals surface area contributed by atoms with Gasteiger partial charge in [0.25, 0.3) is 5.91 Å². The molecule has 47 heavy (non-hydrogen) atoms. The standard InChI is InChI=1S/C36H42N8O3/c1-23-20-29(36(47)44-18-2-3-19-44)14-17-31(23)26-8-4-24(5-9-26)21-32(39-34(45)28-10-6-25(22-37)7-11-28)35(46)38-30-15-12-27(13-16-30)33-40-42-43-41-33/h4-5,8-9,12-17,20,25,28,32H,2-3,6-7,10-11,18-19,21-22,37H2,1H3,(H,38,46)(H,39,45)(H,40,41,42,43)/t25?,28?,32-/m0/s1. The Morgan fingerprint density at radius 2 is 1.64 bits per heavy atom. The average Bonchev–Trinajstić information content (AvgIpc) is 3.84. The van der Waals surface area contributed by atoms with Crippen LogP contribution in [0.1, 0.15) is 60.0 Å². The fourth-order valence-corrected chi connectivity index (χ4v) is 6.65. The molecule has 1 aromatic heterocycles. The molecule has 5 N–H and O–H groups in total. The highest BCUT2D eigenvalue weighted by Crippen LogP contribution is 2.29. The molecule has 1 aliphatic heterocycles. The van der Waals surface area contributed by atoms with Crippen molar-refractivity contribution < 1.29 is 14.4 Å². The van der Waals surface area contributed by atoms with Gasteiger partial charge in [-0.2, -0.15) is 5.21 Å². The Morgan fingerprint density at radius 1 is 0.936 bits per heavy atom. The third-order valence-corrected chi connectivity index (χ3v) is 9.51. The summed E-state index contributed by atoms with van der Waals surface area (Å²) in [5, 5.41) is 20.0. The highest BCUT2D eigenvalue weighted by Gasteiger charge is 2.29. The maximum atomic E-state index is 13.6. The van der Waals surface area contributed by atoms with E-state index in [0.717, 1.165) is 85.0 Å². The van der Waals surface area contributed by atoms with Crippen LogP contribution in [-0.2, 0) is 16.0 Å². The molecule has 3 aromatic carbocycles. The molecular formula is C36H42N8O3. The maximum absolute atomic E-state index is 13.6. The van der Waals surface area contributed by atoms with E-state index in [-0.39, 0.29) is 23.6 Å². The SMILES string of the molecule is Cc1cc(C(=O)N2CCCC2)ccc1-c1ccc(C[C@H](NC(=O)C2CCC(CN)CC2)C(=O)Nc2ccc(-c3nn[nH]n3)cc2)cc1. The van der Waals surface area contributed by atoms with Gasteiger partial charge >= 0.3 is 0 Å². The highest BCUT2D eigenvalue weighted by molar-refractivity contribution is 5.98. The molecule has 244 valence electrons. The van der Waals surface area contributed by atoms with Crippen molar-refractivity contribution in [3.05, 3.63) is 83.4 Å². The Bertz CT molecular complexity index is 1670. The first-order valence-corrected chi connectivity index (χ1v) is 16.5. The molecule has 2 heterocycles. The van der Waals surface area contributed by atoms with Gasteiger partial charge in [-0.1, -0.05) is 30.3 Å². The van der Waals surface area contributed by atoms with Crippen molar-refractivity contribution in [2.24, 2.45) is 17.6 Å². The number of hydrogen-bond acceptors (Lipinski definition) is 7. The zero-order chi connectivity index (χ0) is 32.8. The van der Waals surface area contributed by atoms with Crippen LogP contribution in [0.5, 0.6) is 0 Å². The van der Waals surface area contributed by atoms with Crippen molar-refractivity contribution in [2.75, 3.05) is 25.0 Å². The summed E-state index contributed by atoms with van der Waals surface area (Å²) in [7, 11) is 0. The molecule has 0 radical (unpaired) electrons. The minimum atomic E-state index is -0.768. The monoisotopic (exact) mass is 634 g/mol. The predicted octanol–water partition coefficient (Wildman–Crippen LogP) is 4.51. The number of carbonyl (C=O) groups is 3. The Hall–Kier alpha value is -4.90. The van der Waals surface area contributed by atoms with E-state index in [9.17, 15) is 14.4 Å². The number of aryl methyl sites for hydroxylation is 1. The maximum Gasteiger partial charge on any atom is 0.253 e. The van der Waals surface area contributed by atoms with E-state index in [1.165, 1.54) is 0 Å². The van der Waals surface area contributed by atoms with Crippen LogP contribution >= 0.6 is 0 Å². The first-order chi connectivity index (χ1) is 22.9. The van der Waals surface area contributed by atoms with Crippen molar-refractivity contribution in [3.8, 4) is 22.5 Å². The van der Waals surface area contributed by atoms with Crippen LogP contribution in [0, 0.1) is 18.8 Å². The van der Waals surface area contributed by atoms with E-state index in [4.69, 9.17) is 5.73 Å². The first-order valence-electron chi connectivity index (χ1n) is 16.5. The summed E-state index contributed by atoms with van der Waals surface area (Å²) in [4.78, 5) is 41.8. The Morgan fingerprint density at radius 3 is 2.28 bits per heavy atom. The van der Waals surface area contributed by atoms with Crippen LogP contribution in [0.4, 0.5) is 5.69 Å². The smallest absolute Gasteiger partial charge is 0.253 e. The van der Waals surface area contributed by atoms with Crippen LogP contribution < -0.4 is 16.4 Å². The second-order valence-corrected chi connectivity index (χ2v) is 12.7. The van der Waals surface area contributed by atoms with E-state index in [2.05, 4.69) is 31.3 Å². The number of nitrogens with zero attached hydrogens (tertiary/aromatic N) is 4. The number of tetrazole rings is 1. The van der Waals surface area contributed by atoms with Crippen molar-refractivity contribution in [2.45, 2.75) is 57.9 Å². The van der Waals surface area contributed by atoms with Gasteiger partial charge in [-0.05, 0) is 122 Å². The van der Waals surface area contributed by atoms with Gasteiger partial charge in [-0.25, -0.2) is 0 Å². The van der Waals surface area contributed by atoms with Crippen LogP contribution in [0.2, 0.25) is 0 Å². The van der Waals surface area contributed by atoms with E-state index in [1.54, 1.807) is 24.3 Å². The van der Waals surface area contributed by atoms with Gasteiger partial charge in [-0.3, -0.25) is 14.4 Å². The minimum Gasteiger partial charge on any atom is -0.344 e. The van der Waals surface area contributed by atoms with Crippen molar-refractivity contribution in [3.63, 3.8) is 0 Å². The summed E-state index contributed by atoms with van der Waals surface area (Å²) >= 11 is 0. The lowest BCUT2D eigenvalue weighted by Gasteiger charge is -2.28. The fourth-order valence-electron chi connectivity index (χ4n) is 6.65. The van der Waals surface area contributed by atoms with E-state index in [1.807, 2.05) is 54.3 Å². The van der Waals surface area contributed by atoms with E-state index < -0.39 is 6.04 Å². The number of aromatic amines is 1. The Kier molecular flexibility index (Phi) is 10.0. The van der Waals surface area contributed by atoms with Gasteiger partial charge < -0.3 is 21.3 Å². The van der Waals surface area contributed by atoms with Gasteiger partial charge in [0, 0.05) is 42.2 Å². The first kappa shape index (κ1) is 32.1. The summed E-state index contributed by atoms with van der Waals surface area (Å²) in [6, 6.07) is 20.3. The number of amides is 3. The predicted molar refractivity (Wildman–Crippen MR) is 180 cm³/mol. The van der Waals surface area contributed by atoms with Crippen LogP contribution in [0.25, 0.3) is 22.5 Å². The van der Waals surface area contributed by atoms with Gasteiger partial charge in [0.15, 0.2) is 0 Å². The summed E-state index contributed by atoms with van der Waals surface area (Å²) in [5.74, 6) is 0.491. The summed E-state index contributed by atoms with van der Waals surface area (Å²) in [6.45, 7) is 4.31. The zero-order valence-electron chi connectivity index (χ0n) is 26.7. The summed E-state index contributed by atoms with van der Waals surface area (Å²) < 4.78 is 0. The lowest BCUT2D eigenvalue weighted by atomic mass is 9.81. The van der Waals surface area contributed by atoms with Crippen LogP contribution in [0.3, 0.4) is 0 Å². The molecule has 0 spiro atoms. The molecule has 1 aliphatic carbocycles. The third-order valence-electron chi connectivity index (χ3n) is 9.51. The van der Waals surface area contributed by atoms with Crippen molar-refractivity contribution in [1.29, 1.82) is 0 Å². The number of H-pyrrole nitrogens is 1. The van der Waals surface area contributed by atoms with Gasteiger partial charge in [0.1, 0.15) is 6.04 Å². The second kappa shape index (κ2) is 14.7. The summed E-state index contributed by atoms with van der Waals surface area (Å²) in [5.41, 5.74) is 12.0. The number of likely N-dealkylation sites (tertiary alicyclic amines) is 1. The lowest BCUT2D eigenvalue weighted by molar-refractivity contribution is -0.130. The highest BCUT2D eigenvalue weighted by atomic mass is 16.2. The number of hydrogen-bond donors (Lipinski definition) is 4. The van der Waals surface area contributed by atoms with Gasteiger partial charge in [0.2, 0.25) is 17.6 Å². The normalized spacial score (nSPS) is 18.5. The zero-order valence-corrected chi connectivity index (χ0v) is 26.7. The second-order valence-electron chi connectivity index (χ2n) is 12.7. The van der Waals surface area contributed by atoms with Crippen molar-refractivity contribution in [1.82, 2.24) is 30.8 Å². The number of anilines is 1. The number of benzene rings is 3. The van der Waals surface area contributed by atoms with Gasteiger partial charge in [-0.15, -0.1) is 10.2 Å². The van der Waals surface area contributed by atoms with Gasteiger partial charge in [0.05, 0.1) is 0 Å². The lowest BCUT2D eigenvalue weighted by Crippen LogP contribution is -2.48. The molecular weight excluding hydrogens is 592 g/mol. The molecule has 6 rings (SSSR count). The number of carbonyl (C=O) groups excluding carboxylic acids is 3. The molecule has 1 saturated carbocycles. The third kappa shape index (κ3) is 7.74. The molecule has 4 aromatic rings. The molecule has 1 saturated heterocycles. The number of nitrogens with two attached hydrogens (primary N) is 1.